The van der Waals surface area contributed by atoms with Gasteiger partial charge in [-0.25, -0.2) is 0 Å². The Morgan fingerprint density at radius 3 is 2.35 bits per heavy atom. The predicted octanol–water partition coefficient (Wildman–Crippen LogP) is 3.29. The molecule has 0 spiro atoms. The van der Waals surface area contributed by atoms with Crippen molar-refractivity contribution in [3.8, 4) is 0 Å². The summed E-state index contributed by atoms with van der Waals surface area (Å²) in [6.45, 7) is 9.24. The molecule has 0 radical (unpaired) electrons. The van der Waals surface area contributed by atoms with Crippen molar-refractivity contribution in [2.24, 2.45) is 20.7 Å². The van der Waals surface area contributed by atoms with Gasteiger partial charge in [-0.15, -0.1) is 10.2 Å². The minimum absolute atomic E-state index is 0.680. The standard InChI is InChI=1S/C14H22N6/c1-4-20(5-2)9-8-14(16-18-19-17-14)12-6-7-13(15)11(3)10-12/h6-7,10H,4-5,8-9,15H2,1-3H3. The van der Waals surface area contributed by atoms with E-state index in [1.165, 1.54) is 0 Å². The van der Waals surface area contributed by atoms with Crippen LogP contribution < -0.4 is 5.73 Å². The van der Waals surface area contributed by atoms with Crippen LogP contribution in [0.5, 0.6) is 0 Å². The van der Waals surface area contributed by atoms with E-state index >= 15 is 0 Å². The summed E-state index contributed by atoms with van der Waals surface area (Å²) in [5.41, 5.74) is 8.01. The third kappa shape index (κ3) is 2.85. The Labute approximate surface area is 119 Å². The van der Waals surface area contributed by atoms with Gasteiger partial charge in [0.05, 0.1) is 0 Å². The van der Waals surface area contributed by atoms with Gasteiger partial charge in [0.25, 0.3) is 0 Å². The minimum atomic E-state index is -0.680. The highest BCUT2D eigenvalue weighted by atomic mass is 15.6. The van der Waals surface area contributed by atoms with Gasteiger partial charge in [-0.05, 0) is 48.2 Å². The maximum absolute atomic E-state index is 5.88. The van der Waals surface area contributed by atoms with Crippen molar-refractivity contribution in [3.63, 3.8) is 0 Å². The van der Waals surface area contributed by atoms with Crippen LogP contribution in [0.4, 0.5) is 5.69 Å². The van der Waals surface area contributed by atoms with E-state index in [0.717, 1.165) is 42.9 Å². The van der Waals surface area contributed by atoms with Gasteiger partial charge in [-0.3, -0.25) is 0 Å². The van der Waals surface area contributed by atoms with E-state index in [0.29, 0.717) is 0 Å². The molecule has 0 saturated heterocycles. The highest BCUT2D eigenvalue weighted by Crippen LogP contribution is 2.36. The molecule has 1 aliphatic heterocycles. The highest BCUT2D eigenvalue weighted by Gasteiger charge is 2.35. The molecule has 0 bridgehead atoms. The summed E-state index contributed by atoms with van der Waals surface area (Å²) in [4.78, 5) is 2.34. The average molecular weight is 274 g/mol. The first-order chi connectivity index (χ1) is 9.61. The maximum atomic E-state index is 5.88. The number of anilines is 1. The first-order valence-electron chi connectivity index (χ1n) is 7.04. The molecule has 0 amide bonds. The monoisotopic (exact) mass is 274 g/mol. The zero-order valence-corrected chi connectivity index (χ0v) is 12.4. The number of nitrogens with zero attached hydrogens (tertiary/aromatic N) is 5. The average Bonchev–Trinajstić information content (AvgIpc) is 2.93. The van der Waals surface area contributed by atoms with Gasteiger partial charge in [0.2, 0.25) is 5.66 Å². The second-order valence-electron chi connectivity index (χ2n) is 5.04. The fourth-order valence-electron chi connectivity index (χ4n) is 2.35. The molecule has 0 aliphatic carbocycles. The van der Waals surface area contributed by atoms with Crippen molar-refractivity contribution in [3.05, 3.63) is 29.3 Å². The molecule has 0 aromatic heterocycles. The number of aryl methyl sites for hydroxylation is 1. The van der Waals surface area contributed by atoms with Gasteiger partial charge in [-0.1, -0.05) is 19.9 Å². The van der Waals surface area contributed by atoms with E-state index < -0.39 is 5.66 Å². The largest absolute Gasteiger partial charge is 0.399 e. The smallest absolute Gasteiger partial charge is 0.221 e. The number of nitrogen functional groups attached to an aromatic ring is 1. The Morgan fingerprint density at radius 2 is 1.80 bits per heavy atom. The lowest BCUT2D eigenvalue weighted by atomic mass is 9.95. The molecule has 1 aliphatic rings. The molecule has 0 atom stereocenters. The second-order valence-corrected chi connectivity index (χ2v) is 5.04. The van der Waals surface area contributed by atoms with E-state index in [9.17, 15) is 0 Å². The topological polar surface area (TPSA) is 78.7 Å². The molecule has 0 unspecified atom stereocenters. The quantitative estimate of drug-likeness (QED) is 0.808. The van der Waals surface area contributed by atoms with E-state index in [-0.39, 0.29) is 0 Å². The summed E-state index contributed by atoms with van der Waals surface area (Å²) in [7, 11) is 0. The second kappa shape index (κ2) is 6.09. The molecule has 20 heavy (non-hydrogen) atoms. The normalized spacial score (nSPS) is 16.2. The van der Waals surface area contributed by atoms with Crippen LogP contribution >= 0.6 is 0 Å². The minimum Gasteiger partial charge on any atom is -0.399 e. The highest BCUT2D eigenvalue weighted by molar-refractivity contribution is 5.49. The van der Waals surface area contributed by atoms with Crippen LogP contribution in [0.2, 0.25) is 0 Å². The van der Waals surface area contributed by atoms with E-state index in [1.807, 2.05) is 25.1 Å². The summed E-state index contributed by atoms with van der Waals surface area (Å²) >= 11 is 0. The van der Waals surface area contributed by atoms with E-state index in [2.05, 4.69) is 39.4 Å². The fourth-order valence-corrected chi connectivity index (χ4v) is 2.35. The summed E-state index contributed by atoms with van der Waals surface area (Å²) < 4.78 is 0. The van der Waals surface area contributed by atoms with Gasteiger partial charge < -0.3 is 10.6 Å². The molecule has 1 aromatic rings. The van der Waals surface area contributed by atoms with E-state index in [1.54, 1.807) is 0 Å². The van der Waals surface area contributed by atoms with Crippen molar-refractivity contribution in [1.82, 2.24) is 4.90 Å². The van der Waals surface area contributed by atoms with Gasteiger partial charge in [0.1, 0.15) is 0 Å². The molecule has 1 aromatic carbocycles. The summed E-state index contributed by atoms with van der Waals surface area (Å²) in [6.07, 6.45) is 0.769. The number of hydrogen-bond donors (Lipinski definition) is 1. The Balaban J connectivity index is 2.24. The van der Waals surface area contributed by atoms with Crippen LogP contribution in [-0.4, -0.2) is 24.5 Å². The fraction of sp³-hybridized carbons (Fsp3) is 0.571. The zero-order valence-electron chi connectivity index (χ0n) is 12.4. The van der Waals surface area contributed by atoms with Gasteiger partial charge in [0, 0.05) is 24.2 Å². The number of benzene rings is 1. The molecule has 6 heteroatoms. The lowest BCUT2D eigenvalue weighted by molar-refractivity contribution is 0.261. The number of hydrogen-bond acceptors (Lipinski definition) is 6. The summed E-state index contributed by atoms with van der Waals surface area (Å²) in [6, 6.07) is 5.89. The summed E-state index contributed by atoms with van der Waals surface area (Å²) in [5, 5.41) is 16.0. The van der Waals surface area contributed by atoms with Gasteiger partial charge in [0.15, 0.2) is 0 Å². The first-order valence-corrected chi connectivity index (χ1v) is 7.04. The maximum Gasteiger partial charge on any atom is 0.221 e. The van der Waals surface area contributed by atoms with Crippen LogP contribution in [0, 0.1) is 6.92 Å². The van der Waals surface area contributed by atoms with Crippen LogP contribution in [-0.2, 0) is 5.66 Å². The molecule has 6 nitrogen and oxygen atoms in total. The lowest BCUT2D eigenvalue weighted by Crippen LogP contribution is -2.30. The Kier molecular flexibility index (Phi) is 4.44. The lowest BCUT2D eigenvalue weighted by Gasteiger charge is -2.25. The Morgan fingerprint density at radius 1 is 1.15 bits per heavy atom. The van der Waals surface area contributed by atoms with Gasteiger partial charge >= 0.3 is 0 Å². The molecule has 108 valence electrons. The Hall–Kier alpha value is -1.82. The number of nitrogens with two attached hydrogens (primary N) is 1. The Bertz CT molecular complexity index is 506. The first kappa shape index (κ1) is 14.6. The van der Waals surface area contributed by atoms with Crippen molar-refractivity contribution in [2.75, 3.05) is 25.4 Å². The molecule has 0 fully saturated rings. The van der Waals surface area contributed by atoms with Crippen LogP contribution in [0.3, 0.4) is 0 Å². The van der Waals surface area contributed by atoms with Crippen molar-refractivity contribution >= 4 is 5.69 Å². The molecule has 1 heterocycles. The van der Waals surface area contributed by atoms with Gasteiger partial charge in [-0.2, -0.15) is 0 Å². The number of rotatable bonds is 6. The molecule has 2 N–H and O–H groups in total. The van der Waals surface area contributed by atoms with Crippen LogP contribution in [0.15, 0.2) is 38.9 Å². The molecular formula is C14H22N6. The van der Waals surface area contributed by atoms with Crippen LogP contribution in [0.1, 0.15) is 31.4 Å². The van der Waals surface area contributed by atoms with Crippen LogP contribution in [0.25, 0.3) is 0 Å². The molecule has 0 saturated carbocycles. The third-order valence-electron chi connectivity index (χ3n) is 3.86. The molecular weight excluding hydrogens is 252 g/mol. The van der Waals surface area contributed by atoms with Crippen molar-refractivity contribution < 1.29 is 0 Å². The van der Waals surface area contributed by atoms with Crippen molar-refractivity contribution in [1.29, 1.82) is 0 Å². The van der Waals surface area contributed by atoms with E-state index in [4.69, 9.17) is 5.73 Å². The molecule has 2 rings (SSSR count). The predicted molar refractivity (Wildman–Crippen MR) is 79.4 cm³/mol. The SMILES string of the molecule is CCN(CC)CCC1(c2ccc(N)c(C)c2)N=NN=N1. The summed E-state index contributed by atoms with van der Waals surface area (Å²) in [5.74, 6) is 0. The zero-order chi connectivity index (χ0) is 14.6. The van der Waals surface area contributed by atoms with Crippen molar-refractivity contribution in [2.45, 2.75) is 32.9 Å². The third-order valence-corrected chi connectivity index (χ3v) is 3.86.